The molecule has 1 fully saturated rings. The summed E-state index contributed by atoms with van der Waals surface area (Å²) in [5, 5.41) is 10.7. The van der Waals surface area contributed by atoms with Crippen LogP contribution in [0.1, 0.15) is 17.2 Å². The highest BCUT2D eigenvalue weighted by atomic mass is 16.5. The maximum atomic E-state index is 12.5. The Balaban J connectivity index is 2.10. The molecule has 0 aromatic heterocycles. The fourth-order valence-corrected chi connectivity index (χ4v) is 3.03. The van der Waals surface area contributed by atoms with Gasteiger partial charge in [-0.1, -0.05) is 12.1 Å². The highest BCUT2D eigenvalue weighted by Crippen LogP contribution is 2.38. The van der Waals surface area contributed by atoms with Gasteiger partial charge in [0.15, 0.2) is 0 Å². The van der Waals surface area contributed by atoms with Crippen LogP contribution in [0, 0.1) is 0 Å². The summed E-state index contributed by atoms with van der Waals surface area (Å²) in [5.41, 5.74) is 1.21. The maximum Gasteiger partial charge on any atom is 0.295 e. The zero-order valence-electron chi connectivity index (χ0n) is 14.7. The van der Waals surface area contributed by atoms with Crippen LogP contribution in [0.4, 0.5) is 0 Å². The van der Waals surface area contributed by atoms with Crippen LogP contribution in [0.25, 0.3) is 5.76 Å². The molecule has 1 N–H and O–H groups in total. The average molecular weight is 353 g/mol. The van der Waals surface area contributed by atoms with Crippen molar-refractivity contribution in [3.8, 4) is 11.5 Å². The van der Waals surface area contributed by atoms with E-state index in [0.29, 0.717) is 22.6 Å². The molecule has 1 saturated heterocycles. The number of benzene rings is 2. The van der Waals surface area contributed by atoms with Gasteiger partial charge in [-0.2, -0.15) is 0 Å². The number of amides is 1. The first kappa shape index (κ1) is 17.5. The Labute approximate surface area is 151 Å². The maximum absolute atomic E-state index is 12.5. The molecule has 6 nitrogen and oxygen atoms in total. The average Bonchev–Trinajstić information content (AvgIpc) is 2.91. The molecule has 1 amide bonds. The van der Waals surface area contributed by atoms with Gasteiger partial charge in [0, 0.05) is 12.6 Å². The molecule has 6 heteroatoms. The number of likely N-dealkylation sites (N-methyl/N-ethyl adjacent to an activating group) is 1. The molecule has 1 atom stereocenters. The Hall–Kier alpha value is -3.28. The number of ketones is 1. The highest BCUT2D eigenvalue weighted by Gasteiger charge is 2.44. The van der Waals surface area contributed by atoms with Crippen LogP contribution in [0.5, 0.6) is 11.5 Å². The summed E-state index contributed by atoms with van der Waals surface area (Å²) >= 11 is 0. The van der Waals surface area contributed by atoms with Gasteiger partial charge < -0.3 is 19.5 Å². The standard InChI is InChI=1S/C20H19NO5/c1-21-17(12-4-8-14(25-2)9-5-12)16(19(23)20(21)24)18(22)13-6-10-15(26-3)11-7-13/h4-11,17,22H,1-3H3/t17-/m0/s1. The summed E-state index contributed by atoms with van der Waals surface area (Å²) in [4.78, 5) is 26.1. The van der Waals surface area contributed by atoms with E-state index in [-0.39, 0.29) is 11.3 Å². The number of hydrogen-bond acceptors (Lipinski definition) is 5. The van der Waals surface area contributed by atoms with Gasteiger partial charge in [-0.3, -0.25) is 9.59 Å². The minimum atomic E-state index is -0.707. The zero-order chi connectivity index (χ0) is 18.8. The topological polar surface area (TPSA) is 76.1 Å². The fourth-order valence-electron chi connectivity index (χ4n) is 3.03. The molecular weight excluding hydrogens is 334 g/mol. The van der Waals surface area contributed by atoms with Crippen LogP contribution in [0.3, 0.4) is 0 Å². The lowest BCUT2D eigenvalue weighted by Gasteiger charge is -2.21. The van der Waals surface area contributed by atoms with E-state index in [1.165, 1.54) is 4.90 Å². The minimum absolute atomic E-state index is 0.0628. The molecule has 2 aromatic carbocycles. The van der Waals surface area contributed by atoms with Crippen molar-refractivity contribution in [1.29, 1.82) is 0 Å². The zero-order valence-corrected chi connectivity index (χ0v) is 14.7. The van der Waals surface area contributed by atoms with E-state index in [1.54, 1.807) is 69.8 Å². The van der Waals surface area contributed by atoms with Crippen molar-refractivity contribution in [3.05, 3.63) is 65.2 Å². The number of rotatable bonds is 4. The lowest BCUT2D eigenvalue weighted by Crippen LogP contribution is -2.24. The van der Waals surface area contributed by atoms with E-state index in [0.717, 1.165) is 0 Å². The normalized spacial score (nSPS) is 18.9. The van der Waals surface area contributed by atoms with Crippen LogP contribution in [-0.2, 0) is 9.59 Å². The summed E-state index contributed by atoms with van der Waals surface area (Å²) in [5.74, 6) is -0.278. The first-order valence-electron chi connectivity index (χ1n) is 8.01. The van der Waals surface area contributed by atoms with E-state index < -0.39 is 17.7 Å². The highest BCUT2D eigenvalue weighted by molar-refractivity contribution is 6.46. The number of methoxy groups -OCH3 is 2. The van der Waals surface area contributed by atoms with Crippen LogP contribution < -0.4 is 9.47 Å². The van der Waals surface area contributed by atoms with Crippen LogP contribution in [0.2, 0.25) is 0 Å². The summed E-state index contributed by atoms with van der Waals surface area (Å²) in [6.45, 7) is 0. The number of ether oxygens (including phenoxy) is 2. The molecule has 134 valence electrons. The Bertz CT molecular complexity index is 868. The third-order valence-corrected chi connectivity index (χ3v) is 4.47. The van der Waals surface area contributed by atoms with Crippen molar-refractivity contribution in [2.45, 2.75) is 6.04 Å². The molecule has 1 aliphatic heterocycles. The van der Waals surface area contributed by atoms with Crippen molar-refractivity contribution >= 4 is 17.4 Å². The third kappa shape index (κ3) is 2.90. The number of carbonyl (C=O) groups excluding carboxylic acids is 2. The van der Waals surface area contributed by atoms with Crippen LogP contribution in [0.15, 0.2) is 54.1 Å². The van der Waals surface area contributed by atoms with Gasteiger partial charge in [0.25, 0.3) is 11.7 Å². The first-order chi connectivity index (χ1) is 12.5. The lowest BCUT2D eigenvalue weighted by molar-refractivity contribution is -0.139. The summed E-state index contributed by atoms with van der Waals surface area (Å²) in [7, 11) is 4.65. The van der Waals surface area contributed by atoms with Crippen LogP contribution in [-0.4, -0.2) is 43.0 Å². The number of nitrogens with zero attached hydrogens (tertiary/aromatic N) is 1. The Morgan fingerprint density at radius 3 is 1.92 bits per heavy atom. The summed E-state index contributed by atoms with van der Waals surface area (Å²) in [6.07, 6.45) is 0. The molecule has 0 bridgehead atoms. The van der Waals surface area contributed by atoms with Crippen molar-refractivity contribution in [2.24, 2.45) is 0 Å². The summed E-state index contributed by atoms with van der Waals surface area (Å²) in [6, 6.07) is 13.0. The first-order valence-corrected chi connectivity index (χ1v) is 8.01. The van der Waals surface area contributed by atoms with Crippen molar-refractivity contribution in [2.75, 3.05) is 21.3 Å². The molecular formula is C20H19NO5. The van der Waals surface area contributed by atoms with Crippen molar-refractivity contribution < 1.29 is 24.2 Å². The molecule has 26 heavy (non-hydrogen) atoms. The molecule has 0 spiro atoms. The molecule has 3 rings (SSSR count). The second kappa shape index (κ2) is 6.92. The van der Waals surface area contributed by atoms with Gasteiger partial charge >= 0.3 is 0 Å². The Morgan fingerprint density at radius 2 is 1.42 bits per heavy atom. The molecule has 0 unspecified atom stereocenters. The predicted molar refractivity (Wildman–Crippen MR) is 96.1 cm³/mol. The largest absolute Gasteiger partial charge is 0.507 e. The van der Waals surface area contributed by atoms with Crippen LogP contribution >= 0.6 is 0 Å². The molecule has 1 aliphatic rings. The quantitative estimate of drug-likeness (QED) is 0.520. The number of aliphatic hydroxyl groups excluding tert-OH is 1. The van der Waals surface area contributed by atoms with Gasteiger partial charge in [-0.05, 0) is 42.0 Å². The SMILES string of the molecule is COc1ccc(C(O)=C2C(=O)C(=O)N(C)[C@H]2c2ccc(OC)cc2)cc1. The second-order valence-corrected chi connectivity index (χ2v) is 5.91. The van der Waals surface area contributed by atoms with Crippen molar-refractivity contribution in [3.63, 3.8) is 0 Å². The summed E-state index contributed by atoms with van der Waals surface area (Å²) < 4.78 is 10.2. The smallest absolute Gasteiger partial charge is 0.295 e. The number of hydrogen-bond donors (Lipinski definition) is 1. The van der Waals surface area contributed by atoms with Gasteiger partial charge in [0.05, 0.1) is 25.8 Å². The number of carbonyl (C=O) groups is 2. The molecule has 2 aromatic rings. The van der Waals surface area contributed by atoms with E-state index in [9.17, 15) is 14.7 Å². The van der Waals surface area contributed by atoms with Gasteiger partial charge in [0.1, 0.15) is 17.3 Å². The lowest BCUT2D eigenvalue weighted by atomic mass is 9.95. The molecule has 1 heterocycles. The monoisotopic (exact) mass is 353 g/mol. The Morgan fingerprint density at radius 1 is 0.923 bits per heavy atom. The van der Waals surface area contributed by atoms with E-state index in [1.807, 2.05) is 0 Å². The third-order valence-electron chi connectivity index (χ3n) is 4.47. The Kier molecular flexibility index (Phi) is 4.67. The number of likely N-dealkylation sites (tertiary alicyclic amines) is 1. The minimum Gasteiger partial charge on any atom is -0.507 e. The van der Waals surface area contributed by atoms with E-state index in [4.69, 9.17) is 9.47 Å². The van der Waals surface area contributed by atoms with Crippen molar-refractivity contribution in [1.82, 2.24) is 4.90 Å². The van der Waals surface area contributed by atoms with Gasteiger partial charge in [-0.25, -0.2) is 0 Å². The number of Topliss-reactive ketones (excluding diaryl/α,β-unsaturated/α-hetero) is 1. The van der Waals surface area contributed by atoms with Gasteiger partial charge in [-0.15, -0.1) is 0 Å². The van der Waals surface area contributed by atoms with Gasteiger partial charge in [0.2, 0.25) is 0 Å². The molecule has 0 aliphatic carbocycles. The predicted octanol–water partition coefficient (Wildman–Crippen LogP) is 2.76. The molecule has 0 radical (unpaired) electrons. The second-order valence-electron chi connectivity index (χ2n) is 5.91. The number of aliphatic hydroxyl groups is 1. The van der Waals surface area contributed by atoms with E-state index in [2.05, 4.69) is 0 Å². The van der Waals surface area contributed by atoms with E-state index >= 15 is 0 Å². The fraction of sp³-hybridized carbons (Fsp3) is 0.200. The molecule has 0 saturated carbocycles.